The van der Waals surface area contributed by atoms with Gasteiger partial charge in [0.25, 0.3) is 5.91 Å². The van der Waals surface area contributed by atoms with Gasteiger partial charge in [-0.3, -0.25) is 14.9 Å². The van der Waals surface area contributed by atoms with Crippen LogP contribution in [0.4, 0.5) is 10.7 Å². The SMILES string of the molecule is COC(=O)c1cccc(C(=O)Nc2nc3cccc(C4CCCNC4=O)c3n2C(C)CCCCNC(=O)OC(C)(C)C)c1. The first kappa shape index (κ1) is 31.5. The van der Waals surface area contributed by atoms with Gasteiger partial charge in [-0.15, -0.1) is 0 Å². The molecule has 0 aliphatic carbocycles. The van der Waals surface area contributed by atoms with Gasteiger partial charge in [0.15, 0.2) is 0 Å². The standard InChI is InChI=1S/C32H41N5O6/c1-20(11-6-7-17-34-31(41)43-32(2,3)4)37-26-23(24-15-10-18-33-28(24)39)14-9-16-25(26)35-30(37)36-27(38)21-12-8-13-22(19-21)29(40)42-5/h8-9,12-14,16,19-20,24H,6-7,10-11,15,17-18H2,1-5H3,(H,33,39)(H,34,41)(H,35,36,38). The second-order valence-corrected chi connectivity index (χ2v) is 11.8. The average Bonchev–Trinajstić information content (AvgIpc) is 3.34. The van der Waals surface area contributed by atoms with Crippen molar-refractivity contribution in [3.05, 3.63) is 59.2 Å². The molecule has 43 heavy (non-hydrogen) atoms. The molecule has 0 saturated carbocycles. The first-order valence-electron chi connectivity index (χ1n) is 14.7. The Morgan fingerprint density at radius 1 is 1.12 bits per heavy atom. The fraction of sp³-hybridized carbons (Fsp3) is 0.469. The normalized spacial score (nSPS) is 15.8. The number of carbonyl (C=O) groups is 4. The van der Waals surface area contributed by atoms with Gasteiger partial charge in [0.05, 0.1) is 29.6 Å². The molecule has 2 atom stereocenters. The number of imidazole rings is 1. The summed E-state index contributed by atoms with van der Waals surface area (Å²) in [5, 5.41) is 8.71. The van der Waals surface area contributed by atoms with Gasteiger partial charge >= 0.3 is 12.1 Å². The number of nitrogens with zero attached hydrogens (tertiary/aromatic N) is 2. The van der Waals surface area contributed by atoms with Crippen molar-refractivity contribution in [2.45, 2.75) is 77.4 Å². The molecule has 2 unspecified atom stereocenters. The molecule has 1 aromatic heterocycles. The molecule has 3 amide bonds. The molecule has 2 heterocycles. The highest BCUT2D eigenvalue weighted by Gasteiger charge is 2.29. The van der Waals surface area contributed by atoms with Crippen molar-refractivity contribution in [3.63, 3.8) is 0 Å². The number of hydrogen-bond donors (Lipinski definition) is 3. The van der Waals surface area contributed by atoms with Crippen LogP contribution >= 0.6 is 0 Å². The van der Waals surface area contributed by atoms with Crippen LogP contribution in [0.25, 0.3) is 11.0 Å². The molecule has 1 aliphatic rings. The maximum absolute atomic E-state index is 13.4. The summed E-state index contributed by atoms with van der Waals surface area (Å²) < 4.78 is 12.1. The van der Waals surface area contributed by atoms with Crippen LogP contribution in [0, 0.1) is 0 Å². The average molecular weight is 592 g/mol. The summed E-state index contributed by atoms with van der Waals surface area (Å²) in [6.45, 7) is 8.64. The zero-order valence-electron chi connectivity index (χ0n) is 25.5. The molecule has 11 nitrogen and oxygen atoms in total. The number of nitrogens with one attached hydrogen (secondary N) is 3. The largest absolute Gasteiger partial charge is 0.465 e. The topological polar surface area (TPSA) is 141 Å². The Labute approximate surface area is 251 Å². The lowest BCUT2D eigenvalue weighted by molar-refractivity contribution is -0.123. The molecule has 11 heteroatoms. The van der Waals surface area contributed by atoms with E-state index in [2.05, 4.69) is 16.0 Å². The van der Waals surface area contributed by atoms with Gasteiger partial charge < -0.3 is 24.7 Å². The Morgan fingerprint density at radius 3 is 2.58 bits per heavy atom. The van der Waals surface area contributed by atoms with E-state index >= 15 is 0 Å². The third-order valence-electron chi connectivity index (χ3n) is 7.33. The van der Waals surface area contributed by atoms with Gasteiger partial charge in [-0.25, -0.2) is 14.6 Å². The van der Waals surface area contributed by atoms with E-state index in [1.54, 1.807) is 18.2 Å². The second kappa shape index (κ2) is 13.7. The molecule has 2 aromatic carbocycles. The zero-order valence-corrected chi connectivity index (χ0v) is 25.5. The molecule has 0 radical (unpaired) electrons. The van der Waals surface area contributed by atoms with Crippen LogP contribution in [-0.4, -0.2) is 59.2 Å². The molecule has 0 bridgehead atoms. The molecule has 1 aliphatic heterocycles. The van der Waals surface area contributed by atoms with Gasteiger partial charge in [-0.1, -0.05) is 18.2 Å². The van der Waals surface area contributed by atoms with E-state index in [-0.39, 0.29) is 29.0 Å². The van der Waals surface area contributed by atoms with Gasteiger partial charge in [0.1, 0.15) is 5.60 Å². The van der Waals surface area contributed by atoms with Gasteiger partial charge in [0.2, 0.25) is 11.9 Å². The Kier molecular flexibility index (Phi) is 10.1. The number of anilines is 1. The van der Waals surface area contributed by atoms with Gasteiger partial charge in [0, 0.05) is 24.7 Å². The smallest absolute Gasteiger partial charge is 0.407 e. The number of benzene rings is 2. The monoisotopic (exact) mass is 591 g/mol. The molecular formula is C32H41N5O6. The van der Waals surface area contributed by atoms with E-state index in [0.29, 0.717) is 24.6 Å². The zero-order chi connectivity index (χ0) is 31.1. The fourth-order valence-electron chi connectivity index (χ4n) is 5.32. The van der Waals surface area contributed by atoms with E-state index in [1.165, 1.54) is 13.2 Å². The molecule has 3 N–H and O–H groups in total. The van der Waals surface area contributed by atoms with Gasteiger partial charge in [-0.05, 0) is 89.6 Å². The van der Waals surface area contributed by atoms with Crippen LogP contribution in [0.2, 0.25) is 0 Å². The minimum absolute atomic E-state index is 0.0161. The maximum Gasteiger partial charge on any atom is 0.407 e. The summed E-state index contributed by atoms with van der Waals surface area (Å²) in [5.41, 5.74) is 2.34. The number of piperidine rings is 1. The van der Waals surface area contributed by atoms with Crippen molar-refractivity contribution in [2.24, 2.45) is 0 Å². The number of amides is 3. The van der Waals surface area contributed by atoms with Gasteiger partial charge in [-0.2, -0.15) is 0 Å². The van der Waals surface area contributed by atoms with Crippen molar-refractivity contribution in [3.8, 4) is 0 Å². The van der Waals surface area contributed by atoms with Crippen LogP contribution < -0.4 is 16.0 Å². The van der Waals surface area contributed by atoms with Crippen LogP contribution in [0.15, 0.2) is 42.5 Å². The first-order valence-corrected chi connectivity index (χ1v) is 14.7. The minimum atomic E-state index is -0.560. The van der Waals surface area contributed by atoms with Crippen molar-refractivity contribution in [1.29, 1.82) is 0 Å². The number of methoxy groups -OCH3 is 1. The number of fused-ring (bicyclic) bond motifs is 1. The number of unbranched alkanes of at least 4 members (excludes halogenated alkanes) is 1. The van der Waals surface area contributed by atoms with E-state index in [1.807, 2.05) is 50.5 Å². The maximum atomic E-state index is 13.4. The van der Waals surface area contributed by atoms with Crippen molar-refractivity contribution in [1.82, 2.24) is 20.2 Å². The van der Waals surface area contributed by atoms with Crippen molar-refractivity contribution >= 4 is 40.9 Å². The fourth-order valence-corrected chi connectivity index (χ4v) is 5.32. The number of para-hydroxylation sites is 1. The molecular weight excluding hydrogens is 550 g/mol. The summed E-state index contributed by atoms with van der Waals surface area (Å²) in [4.78, 5) is 55.1. The van der Waals surface area contributed by atoms with Crippen LogP contribution in [-0.2, 0) is 14.3 Å². The highest BCUT2D eigenvalue weighted by molar-refractivity contribution is 6.05. The Balaban J connectivity index is 1.60. The minimum Gasteiger partial charge on any atom is -0.465 e. The summed E-state index contributed by atoms with van der Waals surface area (Å²) in [6, 6.07) is 11.9. The van der Waals surface area contributed by atoms with E-state index in [9.17, 15) is 19.2 Å². The van der Waals surface area contributed by atoms with Crippen molar-refractivity contribution in [2.75, 3.05) is 25.5 Å². The number of esters is 1. The summed E-state index contributed by atoms with van der Waals surface area (Å²) in [7, 11) is 1.29. The number of aromatic nitrogens is 2. The molecule has 1 saturated heterocycles. The van der Waals surface area contributed by atoms with E-state index < -0.39 is 23.6 Å². The first-order chi connectivity index (χ1) is 20.5. The molecule has 1 fully saturated rings. The number of ether oxygens (including phenoxy) is 2. The lowest BCUT2D eigenvalue weighted by Crippen LogP contribution is -2.35. The number of carbonyl (C=O) groups excluding carboxylic acids is 4. The van der Waals surface area contributed by atoms with E-state index in [4.69, 9.17) is 14.5 Å². The number of alkyl carbamates (subject to hydrolysis) is 1. The van der Waals surface area contributed by atoms with E-state index in [0.717, 1.165) is 43.2 Å². The number of rotatable bonds is 10. The summed E-state index contributed by atoms with van der Waals surface area (Å²) in [6.07, 6.45) is 3.41. The predicted octanol–water partition coefficient (Wildman–Crippen LogP) is 5.32. The lowest BCUT2D eigenvalue weighted by atomic mass is 9.89. The Morgan fingerprint density at radius 2 is 1.86 bits per heavy atom. The summed E-state index contributed by atoms with van der Waals surface area (Å²) in [5.74, 6) is -0.942. The van der Waals surface area contributed by atoms with Crippen molar-refractivity contribution < 1.29 is 28.7 Å². The highest BCUT2D eigenvalue weighted by atomic mass is 16.6. The summed E-state index contributed by atoms with van der Waals surface area (Å²) >= 11 is 0. The molecule has 230 valence electrons. The molecule has 0 spiro atoms. The highest BCUT2D eigenvalue weighted by Crippen LogP contribution is 2.35. The number of hydrogen-bond acceptors (Lipinski definition) is 7. The molecule has 3 aromatic rings. The Bertz CT molecular complexity index is 1490. The third kappa shape index (κ3) is 7.91. The quantitative estimate of drug-likeness (QED) is 0.214. The van der Waals surface area contributed by atoms with Crippen LogP contribution in [0.1, 0.15) is 98.0 Å². The lowest BCUT2D eigenvalue weighted by Gasteiger charge is -2.25. The second-order valence-electron chi connectivity index (χ2n) is 11.8. The molecule has 4 rings (SSSR count). The Hall–Kier alpha value is -4.41. The third-order valence-corrected chi connectivity index (χ3v) is 7.33. The van der Waals surface area contributed by atoms with Crippen LogP contribution in [0.3, 0.4) is 0 Å². The predicted molar refractivity (Wildman–Crippen MR) is 163 cm³/mol. The van der Waals surface area contributed by atoms with Crippen LogP contribution in [0.5, 0.6) is 0 Å².